The van der Waals surface area contributed by atoms with Gasteiger partial charge in [0.25, 0.3) is 5.91 Å². The van der Waals surface area contributed by atoms with Gasteiger partial charge < -0.3 is 14.8 Å². The summed E-state index contributed by atoms with van der Waals surface area (Å²) in [6.45, 7) is -0.410. The first-order chi connectivity index (χ1) is 13.0. The van der Waals surface area contributed by atoms with E-state index in [1.807, 2.05) is 18.4 Å². The number of carbonyl (C=O) groups is 3. The molecule has 0 aliphatic carbocycles. The van der Waals surface area contributed by atoms with Gasteiger partial charge in [-0.05, 0) is 30.5 Å². The van der Waals surface area contributed by atoms with Crippen molar-refractivity contribution in [1.82, 2.24) is 0 Å². The second-order valence-corrected chi connectivity index (χ2v) is 6.47. The largest absolute Gasteiger partial charge is 0.497 e. The maximum Gasteiger partial charge on any atom is 0.306 e. The molecule has 0 saturated heterocycles. The second-order valence-electron chi connectivity index (χ2n) is 5.59. The number of amides is 1. The Bertz CT molecular complexity index is 804. The lowest BCUT2D eigenvalue weighted by Crippen LogP contribution is -2.21. The lowest BCUT2D eigenvalue weighted by atomic mass is 10.1. The monoisotopic (exact) mass is 387 g/mol. The van der Waals surface area contributed by atoms with E-state index in [1.54, 1.807) is 48.2 Å². The van der Waals surface area contributed by atoms with Crippen molar-refractivity contribution < 1.29 is 23.9 Å². The molecule has 1 amide bonds. The molecule has 2 aromatic carbocycles. The van der Waals surface area contributed by atoms with E-state index in [-0.39, 0.29) is 18.6 Å². The lowest BCUT2D eigenvalue weighted by Gasteiger charge is -2.08. The van der Waals surface area contributed by atoms with Gasteiger partial charge in [-0.15, -0.1) is 11.8 Å². The van der Waals surface area contributed by atoms with Crippen molar-refractivity contribution in [2.75, 3.05) is 25.3 Å². The molecular weight excluding hydrogens is 366 g/mol. The highest BCUT2D eigenvalue weighted by Crippen LogP contribution is 2.17. The quantitative estimate of drug-likeness (QED) is 0.402. The fourth-order valence-electron chi connectivity index (χ4n) is 2.25. The number of methoxy groups -OCH3 is 1. The summed E-state index contributed by atoms with van der Waals surface area (Å²) in [7, 11) is 1.53. The minimum Gasteiger partial charge on any atom is -0.497 e. The Morgan fingerprint density at radius 2 is 1.78 bits per heavy atom. The number of esters is 1. The molecule has 1 N–H and O–H groups in total. The third-order valence-electron chi connectivity index (χ3n) is 3.69. The Labute approximate surface area is 162 Å². The molecule has 0 radical (unpaired) electrons. The normalized spacial score (nSPS) is 10.1. The first kappa shape index (κ1) is 20.5. The average Bonchev–Trinajstić information content (AvgIpc) is 2.70. The molecule has 6 nitrogen and oxygen atoms in total. The maximum atomic E-state index is 12.1. The summed E-state index contributed by atoms with van der Waals surface area (Å²) in [5, 5.41) is 2.61. The van der Waals surface area contributed by atoms with Crippen molar-refractivity contribution in [1.29, 1.82) is 0 Å². The van der Waals surface area contributed by atoms with Crippen molar-refractivity contribution in [3.05, 3.63) is 54.1 Å². The Morgan fingerprint density at radius 3 is 2.44 bits per heavy atom. The van der Waals surface area contributed by atoms with Gasteiger partial charge >= 0.3 is 5.97 Å². The molecule has 27 heavy (non-hydrogen) atoms. The van der Waals surface area contributed by atoms with E-state index < -0.39 is 18.5 Å². The third-order valence-corrected chi connectivity index (χ3v) is 4.43. The van der Waals surface area contributed by atoms with Gasteiger partial charge in [-0.3, -0.25) is 14.4 Å². The Balaban J connectivity index is 1.73. The molecule has 142 valence electrons. The minimum atomic E-state index is -0.593. The zero-order valence-electron chi connectivity index (χ0n) is 15.2. The predicted octanol–water partition coefficient (Wildman–Crippen LogP) is 3.56. The van der Waals surface area contributed by atoms with Crippen LogP contribution in [0.5, 0.6) is 5.75 Å². The summed E-state index contributed by atoms with van der Waals surface area (Å²) in [5.41, 5.74) is 1.09. The smallest absolute Gasteiger partial charge is 0.306 e. The van der Waals surface area contributed by atoms with Crippen LogP contribution < -0.4 is 10.1 Å². The Morgan fingerprint density at radius 1 is 1.04 bits per heavy atom. The van der Waals surface area contributed by atoms with Gasteiger partial charge in [-0.2, -0.15) is 0 Å². The summed E-state index contributed by atoms with van der Waals surface area (Å²) >= 11 is 1.59. The van der Waals surface area contributed by atoms with Gasteiger partial charge in [0.2, 0.25) is 0 Å². The van der Waals surface area contributed by atoms with E-state index in [0.29, 0.717) is 17.0 Å². The van der Waals surface area contributed by atoms with Crippen molar-refractivity contribution in [3.8, 4) is 5.75 Å². The number of nitrogens with one attached hydrogen (secondary N) is 1. The van der Waals surface area contributed by atoms with Gasteiger partial charge in [0.05, 0.1) is 13.5 Å². The van der Waals surface area contributed by atoms with Crippen molar-refractivity contribution in [3.63, 3.8) is 0 Å². The number of thioether (sulfide) groups is 1. The van der Waals surface area contributed by atoms with Crippen molar-refractivity contribution in [2.45, 2.75) is 17.7 Å². The first-order valence-electron chi connectivity index (χ1n) is 8.28. The molecule has 0 aliphatic heterocycles. The predicted molar refractivity (Wildman–Crippen MR) is 104 cm³/mol. The molecule has 0 heterocycles. The maximum absolute atomic E-state index is 12.1. The molecule has 0 saturated carbocycles. The fraction of sp³-hybridized carbons (Fsp3) is 0.250. The molecule has 0 spiro atoms. The van der Waals surface area contributed by atoms with Crippen molar-refractivity contribution in [2.24, 2.45) is 0 Å². The molecule has 7 heteroatoms. The van der Waals surface area contributed by atoms with Gasteiger partial charge in [0.1, 0.15) is 5.75 Å². The van der Waals surface area contributed by atoms with Crippen LogP contribution in [0.4, 0.5) is 5.69 Å². The Kier molecular flexibility index (Phi) is 7.88. The molecule has 0 bridgehead atoms. The minimum absolute atomic E-state index is 0.0367. The topological polar surface area (TPSA) is 81.7 Å². The molecule has 2 aromatic rings. The lowest BCUT2D eigenvalue weighted by molar-refractivity contribution is -0.147. The molecule has 0 aromatic heterocycles. The van der Waals surface area contributed by atoms with E-state index in [9.17, 15) is 14.4 Å². The highest BCUT2D eigenvalue weighted by molar-refractivity contribution is 7.98. The molecule has 0 unspecified atom stereocenters. The highest BCUT2D eigenvalue weighted by atomic mass is 32.2. The average molecular weight is 387 g/mol. The number of carbonyl (C=O) groups excluding carboxylic acids is 3. The van der Waals surface area contributed by atoms with Crippen LogP contribution in [0.2, 0.25) is 0 Å². The summed E-state index contributed by atoms with van der Waals surface area (Å²) in [6.07, 6.45) is 1.92. The van der Waals surface area contributed by atoms with Gasteiger partial charge in [0.15, 0.2) is 12.4 Å². The Hall–Kier alpha value is -2.80. The van der Waals surface area contributed by atoms with E-state index in [4.69, 9.17) is 9.47 Å². The number of hydrogen-bond acceptors (Lipinski definition) is 6. The summed E-state index contributed by atoms with van der Waals surface area (Å²) in [5.74, 6) is -0.588. The van der Waals surface area contributed by atoms with Gasteiger partial charge in [-0.25, -0.2) is 0 Å². The molecular formula is C20H21NO5S. The van der Waals surface area contributed by atoms with Crippen LogP contribution in [-0.2, 0) is 14.3 Å². The van der Waals surface area contributed by atoms with Crippen LogP contribution in [0.1, 0.15) is 23.2 Å². The number of Topliss-reactive ketones (excluding diaryl/α,β-unsaturated/α-hetero) is 1. The van der Waals surface area contributed by atoms with E-state index in [2.05, 4.69) is 5.32 Å². The van der Waals surface area contributed by atoms with Crippen molar-refractivity contribution >= 4 is 35.1 Å². The summed E-state index contributed by atoms with van der Waals surface area (Å²) in [4.78, 5) is 36.7. The number of ketones is 1. The highest BCUT2D eigenvalue weighted by Gasteiger charge is 2.12. The van der Waals surface area contributed by atoms with Crippen LogP contribution in [-0.4, -0.2) is 37.6 Å². The number of hydrogen-bond donors (Lipinski definition) is 1. The fourth-order valence-corrected chi connectivity index (χ4v) is 2.66. The van der Waals surface area contributed by atoms with Gasteiger partial charge in [0, 0.05) is 28.6 Å². The number of rotatable bonds is 9. The zero-order chi connectivity index (χ0) is 19.6. The van der Waals surface area contributed by atoms with Crippen LogP contribution in [0, 0.1) is 0 Å². The summed E-state index contributed by atoms with van der Waals surface area (Å²) < 4.78 is 9.99. The standard InChI is InChI=1S/C20H21NO5S/c1-25-16-5-3-4-15(12-16)21-19(23)13-26-20(24)11-10-18(22)14-6-8-17(27-2)9-7-14/h3-9,12H,10-11,13H2,1-2H3,(H,21,23). The first-order valence-corrected chi connectivity index (χ1v) is 9.51. The van der Waals surface area contributed by atoms with Crippen LogP contribution >= 0.6 is 11.8 Å². The number of benzene rings is 2. The summed E-state index contributed by atoms with van der Waals surface area (Å²) in [6, 6.07) is 14.0. The van der Waals surface area contributed by atoms with Crippen LogP contribution in [0.15, 0.2) is 53.4 Å². The number of anilines is 1. The zero-order valence-corrected chi connectivity index (χ0v) is 16.0. The molecule has 0 aliphatic rings. The molecule has 0 atom stereocenters. The number of ether oxygens (including phenoxy) is 2. The van der Waals surface area contributed by atoms with Gasteiger partial charge in [-0.1, -0.05) is 18.2 Å². The molecule has 2 rings (SSSR count). The van der Waals surface area contributed by atoms with E-state index >= 15 is 0 Å². The second kappa shape index (κ2) is 10.4. The van der Waals surface area contributed by atoms with Crippen LogP contribution in [0.3, 0.4) is 0 Å². The SMILES string of the molecule is COc1cccc(NC(=O)COC(=O)CCC(=O)c2ccc(SC)cc2)c1. The van der Waals surface area contributed by atoms with E-state index in [1.165, 1.54) is 7.11 Å². The van der Waals surface area contributed by atoms with Crippen LogP contribution in [0.25, 0.3) is 0 Å². The van der Waals surface area contributed by atoms with E-state index in [0.717, 1.165) is 4.90 Å². The molecule has 0 fully saturated rings. The third kappa shape index (κ3) is 6.79.